The Morgan fingerprint density at radius 1 is 1.64 bits per heavy atom. The van der Waals surface area contributed by atoms with Gasteiger partial charge in [-0.3, -0.25) is 4.79 Å². The van der Waals surface area contributed by atoms with Crippen LogP contribution in [0.15, 0.2) is 0 Å². The summed E-state index contributed by atoms with van der Waals surface area (Å²) in [5.74, 6) is 0.991. The molecule has 0 saturated carbocycles. The van der Waals surface area contributed by atoms with Crippen molar-refractivity contribution in [1.29, 1.82) is 0 Å². The van der Waals surface area contributed by atoms with Crippen molar-refractivity contribution in [2.75, 3.05) is 25.1 Å². The maximum atomic E-state index is 11.4. The summed E-state index contributed by atoms with van der Waals surface area (Å²) in [6.45, 7) is -0.316. The number of carbonyl (C=O) groups is 2. The van der Waals surface area contributed by atoms with Gasteiger partial charge >= 0.3 is 12.0 Å². The minimum Gasteiger partial charge on any atom is -0.480 e. The van der Waals surface area contributed by atoms with Crippen LogP contribution in [0.1, 0.15) is 6.42 Å². The summed E-state index contributed by atoms with van der Waals surface area (Å²) in [5, 5.41) is 10.7. The van der Waals surface area contributed by atoms with Crippen LogP contribution >= 0.6 is 11.8 Å². The van der Waals surface area contributed by atoms with Crippen molar-refractivity contribution in [3.8, 4) is 0 Å². The van der Waals surface area contributed by atoms with E-state index in [1.807, 2.05) is 11.8 Å². The van der Waals surface area contributed by atoms with Crippen molar-refractivity contribution >= 4 is 23.8 Å². The summed E-state index contributed by atoms with van der Waals surface area (Å²) in [6, 6.07) is -0.0614. The van der Waals surface area contributed by atoms with Gasteiger partial charge in [-0.2, -0.15) is 11.8 Å². The SMILES string of the molecule is CN(C(=O)NCC(=O)O)C1CCSC1. The van der Waals surface area contributed by atoms with Gasteiger partial charge in [0.15, 0.2) is 0 Å². The monoisotopic (exact) mass is 218 g/mol. The standard InChI is InChI=1S/C8H14N2O3S/c1-10(6-2-3-14-5-6)8(13)9-4-7(11)12/h6H,2-5H2,1H3,(H,9,13)(H,11,12). The third-order valence-electron chi connectivity index (χ3n) is 2.16. The number of urea groups is 1. The molecule has 0 bridgehead atoms. The topological polar surface area (TPSA) is 69.6 Å². The Labute approximate surface area is 86.8 Å². The van der Waals surface area contributed by atoms with Gasteiger partial charge < -0.3 is 15.3 Å². The zero-order chi connectivity index (χ0) is 10.6. The first-order chi connectivity index (χ1) is 6.61. The van der Waals surface area contributed by atoms with Crippen LogP contribution in [0.25, 0.3) is 0 Å². The van der Waals surface area contributed by atoms with E-state index in [1.165, 1.54) is 0 Å². The molecule has 0 aromatic carbocycles. The van der Waals surface area contributed by atoms with Crippen LogP contribution in [0.3, 0.4) is 0 Å². The molecule has 1 aliphatic heterocycles. The van der Waals surface area contributed by atoms with E-state index in [4.69, 9.17) is 5.11 Å². The zero-order valence-electron chi connectivity index (χ0n) is 8.02. The van der Waals surface area contributed by atoms with E-state index < -0.39 is 5.97 Å². The van der Waals surface area contributed by atoms with Crippen LogP contribution in [0.4, 0.5) is 4.79 Å². The smallest absolute Gasteiger partial charge is 0.323 e. The van der Waals surface area contributed by atoms with E-state index in [2.05, 4.69) is 5.32 Å². The molecule has 1 fully saturated rings. The maximum absolute atomic E-state index is 11.4. The second-order valence-corrected chi connectivity index (χ2v) is 4.33. The van der Waals surface area contributed by atoms with Crippen LogP contribution in [0.5, 0.6) is 0 Å². The Balaban J connectivity index is 2.31. The largest absolute Gasteiger partial charge is 0.480 e. The third kappa shape index (κ3) is 3.10. The molecule has 0 spiro atoms. The van der Waals surface area contributed by atoms with E-state index in [0.717, 1.165) is 17.9 Å². The van der Waals surface area contributed by atoms with Crippen molar-refractivity contribution in [3.05, 3.63) is 0 Å². The molecule has 1 heterocycles. The van der Waals surface area contributed by atoms with Gasteiger partial charge in [-0.05, 0) is 12.2 Å². The number of nitrogens with one attached hydrogen (secondary N) is 1. The predicted octanol–water partition coefficient (Wildman–Crippen LogP) is 0.218. The van der Waals surface area contributed by atoms with Gasteiger partial charge in [-0.1, -0.05) is 0 Å². The first-order valence-corrected chi connectivity index (χ1v) is 5.57. The Morgan fingerprint density at radius 3 is 2.86 bits per heavy atom. The highest BCUT2D eigenvalue weighted by molar-refractivity contribution is 7.99. The second-order valence-electron chi connectivity index (χ2n) is 3.18. The number of amides is 2. The van der Waals surface area contributed by atoms with E-state index in [-0.39, 0.29) is 18.6 Å². The number of carboxylic acid groups (broad SMARTS) is 1. The lowest BCUT2D eigenvalue weighted by molar-refractivity contribution is -0.135. The molecule has 1 atom stereocenters. The van der Waals surface area contributed by atoms with Crippen LogP contribution in [0.2, 0.25) is 0 Å². The summed E-state index contributed by atoms with van der Waals surface area (Å²) in [5.41, 5.74) is 0. The van der Waals surface area contributed by atoms with Gasteiger partial charge in [0.2, 0.25) is 0 Å². The molecule has 0 aromatic heterocycles. The van der Waals surface area contributed by atoms with Gasteiger partial charge in [-0.15, -0.1) is 0 Å². The molecular formula is C8H14N2O3S. The zero-order valence-corrected chi connectivity index (χ0v) is 8.84. The van der Waals surface area contributed by atoms with Gasteiger partial charge in [0.05, 0.1) is 0 Å². The minimum absolute atomic E-state index is 0.244. The summed E-state index contributed by atoms with van der Waals surface area (Å²) < 4.78 is 0. The van der Waals surface area contributed by atoms with Crippen molar-refractivity contribution in [2.45, 2.75) is 12.5 Å². The lowest BCUT2D eigenvalue weighted by Gasteiger charge is -2.23. The highest BCUT2D eigenvalue weighted by Crippen LogP contribution is 2.21. The normalized spacial score (nSPS) is 20.5. The van der Waals surface area contributed by atoms with Crippen LogP contribution < -0.4 is 5.32 Å². The van der Waals surface area contributed by atoms with E-state index >= 15 is 0 Å². The first kappa shape index (κ1) is 11.2. The molecule has 14 heavy (non-hydrogen) atoms. The fourth-order valence-electron chi connectivity index (χ4n) is 1.27. The number of carbonyl (C=O) groups excluding carboxylic acids is 1. The lowest BCUT2D eigenvalue weighted by Crippen LogP contribution is -2.45. The van der Waals surface area contributed by atoms with Gasteiger partial charge in [0.1, 0.15) is 6.54 Å². The van der Waals surface area contributed by atoms with Crippen molar-refractivity contribution < 1.29 is 14.7 Å². The number of hydrogen-bond donors (Lipinski definition) is 2. The first-order valence-electron chi connectivity index (χ1n) is 4.41. The van der Waals surface area contributed by atoms with Gasteiger partial charge in [0, 0.05) is 18.8 Å². The number of aliphatic carboxylic acids is 1. The van der Waals surface area contributed by atoms with E-state index in [0.29, 0.717) is 0 Å². The summed E-state index contributed by atoms with van der Waals surface area (Å²) in [4.78, 5) is 23.2. The predicted molar refractivity (Wildman–Crippen MR) is 54.5 cm³/mol. The van der Waals surface area contributed by atoms with E-state index in [9.17, 15) is 9.59 Å². The van der Waals surface area contributed by atoms with Gasteiger partial charge in [0.25, 0.3) is 0 Å². The quantitative estimate of drug-likeness (QED) is 0.711. The molecule has 0 aliphatic carbocycles. The second kappa shape index (κ2) is 5.09. The highest BCUT2D eigenvalue weighted by Gasteiger charge is 2.23. The van der Waals surface area contributed by atoms with E-state index in [1.54, 1.807) is 11.9 Å². The molecule has 1 aliphatic rings. The Kier molecular flexibility index (Phi) is 4.06. The number of carboxylic acids is 1. The molecule has 2 amide bonds. The molecule has 80 valence electrons. The number of hydrogen-bond acceptors (Lipinski definition) is 3. The fourth-order valence-corrected chi connectivity index (χ4v) is 2.54. The summed E-state index contributed by atoms with van der Waals surface area (Å²) >= 11 is 1.81. The number of rotatable bonds is 3. The van der Waals surface area contributed by atoms with Crippen molar-refractivity contribution in [2.24, 2.45) is 0 Å². The lowest BCUT2D eigenvalue weighted by atomic mass is 10.2. The molecule has 1 rings (SSSR count). The van der Waals surface area contributed by atoms with Crippen LogP contribution in [-0.4, -0.2) is 53.1 Å². The fraction of sp³-hybridized carbons (Fsp3) is 0.750. The molecule has 1 unspecified atom stereocenters. The van der Waals surface area contributed by atoms with Crippen molar-refractivity contribution in [3.63, 3.8) is 0 Å². The van der Waals surface area contributed by atoms with Crippen LogP contribution in [-0.2, 0) is 4.79 Å². The average molecular weight is 218 g/mol. The molecule has 6 heteroatoms. The number of thioether (sulfide) groups is 1. The highest BCUT2D eigenvalue weighted by atomic mass is 32.2. The Bertz CT molecular complexity index is 229. The average Bonchev–Trinajstić information content (AvgIpc) is 2.65. The summed E-state index contributed by atoms with van der Waals surface area (Å²) in [6.07, 6.45) is 0.988. The molecule has 1 saturated heterocycles. The maximum Gasteiger partial charge on any atom is 0.323 e. The minimum atomic E-state index is -1.02. The molecule has 2 N–H and O–H groups in total. The van der Waals surface area contributed by atoms with Crippen molar-refractivity contribution in [1.82, 2.24) is 10.2 Å². The number of nitrogens with zero attached hydrogens (tertiary/aromatic N) is 1. The summed E-state index contributed by atoms with van der Waals surface area (Å²) in [7, 11) is 1.70. The third-order valence-corrected chi connectivity index (χ3v) is 3.31. The molecule has 5 nitrogen and oxygen atoms in total. The molecule has 0 radical (unpaired) electrons. The van der Waals surface area contributed by atoms with Gasteiger partial charge in [-0.25, -0.2) is 4.79 Å². The molecule has 0 aromatic rings. The van der Waals surface area contributed by atoms with Crippen LogP contribution in [0, 0.1) is 0 Å². The molecular weight excluding hydrogens is 204 g/mol. The Hall–Kier alpha value is -0.910. The Morgan fingerprint density at radius 2 is 2.36 bits per heavy atom.